The number of hydrogen-bond donors (Lipinski definition) is 1. The molecule has 2 atom stereocenters. The summed E-state index contributed by atoms with van der Waals surface area (Å²) < 4.78 is 5.67. The monoisotopic (exact) mass is 190 g/mol. The van der Waals surface area contributed by atoms with Gasteiger partial charge in [-0.1, -0.05) is 6.07 Å². The second-order valence-electron chi connectivity index (χ2n) is 4.27. The molecule has 3 heteroatoms. The summed E-state index contributed by atoms with van der Waals surface area (Å²) in [7, 11) is 0. The molecule has 2 saturated heterocycles. The molecule has 3 nitrogen and oxygen atoms in total. The van der Waals surface area contributed by atoms with Gasteiger partial charge in [0.1, 0.15) is 0 Å². The number of nitrogens with one attached hydrogen (secondary N) is 1. The SMILES string of the molecule is c1cncc(C2OCC23CCNC3)c1. The number of aromatic nitrogens is 1. The highest BCUT2D eigenvalue weighted by molar-refractivity contribution is 5.20. The first kappa shape index (κ1) is 8.38. The Kier molecular flexibility index (Phi) is 1.82. The Labute approximate surface area is 83.5 Å². The van der Waals surface area contributed by atoms with Gasteiger partial charge < -0.3 is 10.1 Å². The van der Waals surface area contributed by atoms with Gasteiger partial charge >= 0.3 is 0 Å². The summed E-state index contributed by atoms with van der Waals surface area (Å²) in [5.74, 6) is 0. The van der Waals surface area contributed by atoms with Gasteiger partial charge in [-0.25, -0.2) is 0 Å². The maximum atomic E-state index is 5.67. The van der Waals surface area contributed by atoms with Crippen LogP contribution in [0.3, 0.4) is 0 Å². The van der Waals surface area contributed by atoms with E-state index in [1.165, 1.54) is 12.0 Å². The molecular weight excluding hydrogens is 176 g/mol. The van der Waals surface area contributed by atoms with E-state index in [0.717, 1.165) is 19.7 Å². The summed E-state index contributed by atoms with van der Waals surface area (Å²) in [6.07, 6.45) is 5.23. The number of rotatable bonds is 1. The highest BCUT2D eigenvalue weighted by atomic mass is 16.5. The molecule has 14 heavy (non-hydrogen) atoms. The van der Waals surface area contributed by atoms with Gasteiger partial charge in [-0.3, -0.25) is 4.98 Å². The molecule has 2 fully saturated rings. The Hall–Kier alpha value is -0.930. The smallest absolute Gasteiger partial charge is 0.0931 e. The third-order valence-electron chi connectivity index (χ3n) is 3.36. The molecule has 2 aliphatic heterocycles. The molecule has 2 aliphatic rings. The van der Waals surface area contributed by atoms with Crippen LogP contribution in [0.15, 0.2) is 24.5 Å². The molecule has 1 spiro atoms. The molecule has 74 valence electrons. The Bertz CT molecular complexity index is 319. The highest BCUT2D eigenvalue weighted by Gasteiger charge is 2.50. The molecule has 0 bridgehead atoms. The molecule has 2 unspecified atom stereocenters. The van der Waals surface area contributed by atoms with E-state index in [1.54, 1.807) is 0 Å². The van der Waals surface area contributed by atoms with E-state index in [9.17, 15) is 0 Å². The average molecular weight is 190 g/mol. The molecule has 1 N–H and O–H groups in total. The normalized spacial score (nSPS) is 35.9. The molecule has 3 heterocycles. The lowest BCUT2D eigenvalue weighted by atomic mass is 9.75. The zero-order chi connectivity index (χ0) is 9.43. The second-order valence-corrected chi connectivity index (χ2v) is 4.27. The van der Waals surface area contributed by atoms with Crippen molar-refractivity contribution >= 4 is 0 Å². The molecule has 1 aromatic heterocycles. The quantitative estimate of drug-likeness (QED) is 0.721. The van der Waals surface area contributed by atoms with Crippen LogP contribution in [0, 0.1) is 5.41 Å². The lowest BCUT2D eigenvalue weighted by Crippen LogP contribution is -2.47. The lowest BCUT2D eigenvalue weighted by molar-refractivity contribution is -0.180. The highest BCUT2D eigenvalue weighted by Crippen LogP contribution is 2.49. The van der Waals surface area contributed by atoms with Crippen molar-refractivity contribution in [3.8, 4) is 0 Å². The van der Waals surface area contributed by atoms with Crippen LogP contribution in [-0.2, 0) is 4.74 Å². The minimum Gasteiger partial charge on any atom is -0.372 e. The zero-order valence-electron chi connectivity index (χ0n) is 8.07. The predicted octanol–water partition coefficient (Wildman–Crippen LogP) is 1.13. The fourth-order valence-electron chi connectivity index (χ4n) is 2.49. The van der Waals surface area contributed by atoms with Gasteiger partial charge in [0, 0.05) is 24.4 Å². The van der Waals surface area contributed by atoms with E-state index in [2.05, 4.69) is 16.4 Å². The number of nitrogens with zero attached hydrogens (tertiary/aromatic N) is 1. The first-order valence-electron chi connectivity index (χ1n) is 5.13. The van der Waals surface area contributed by atoms with Gasteiger partial charge in [0.15, 0.2) is 0 Å². The number of ether oxygens (including phenoxy) is 1. The molecule has 1 aromatic rings. The summed E-state index contributed by atoms with van der Waals surface area (Å²) in [6, 6.07) is 4.09. The molecule has 0 amide bonds. The van der Waals surface area contributed by atoms with Crippen molar-refractivity contribution in [1.29, 1.82) is 0 Å². The van der Waals surface area contributed by atoms with Crippen LogP contribution in [0.25, 0.3) is 0 Å². The minimum atomic E-state index is 0.270. The van der Waals surface area contributed by atoms with Crippen molar-refractivity contribution in [3.05, 3.63) is 30.1 Å². The Morgan fingerprint density at radius 3 is 3.14 bits per heavy atom. The van der Waals surface area contributed by atoms with E-state index >= 15 is 0 Å². The first-order valence-corrected chi connectivity index (χ1v) is 5.13. The van der Waals surface area contributed by atoms with Crippen molar-refractivity contribution in [2.24, 2.45) is 5.41 Å². The Balaban J connectivity index is 1.87. The first-order chi connectivity index (χ1) is 6.91. The summed E-state index contributed by atoms with van der Waals surface area (Å²) >= 11 is 0. The van der Waals surface area contributed by atoms with Crippen LogP contribution in [-0.4, -0.2) is 24.7 Å². The maximum Gasteiger partial charge on any atom is 0.0931 e. The topological polar surface area (TPSA) is 34.1 Å². The number of hydrogen-bond acceptors (Lipinski definition) is 3. The van der Waals surface area contributed by atoms with Crippen molar-refractivity contribution in [1.82, 2.24) is 10.3 Å². The molecule has 0 saturated carbocycles. The van der Waals surface area contributed by atoms with Gasteiger partial charge in [-0.2, -0.15) is 0 Å². The third-order valence-corrected chi connectivity index (χ3v) is 3.36. The zero-order valence-corrected chi connectivity index (χ0v) is 8.07. The van der Waals surface area contributed by atoms with Gasteiger partial charge in [0.05, 0.1) is 12.7 Å². The van der Waals surface area contributed by atoms with Gasteiger partial charge in [-0.05, 0) is 24.6 Å². The average Bonchev–Trinajstić information content (AvgIpc) is 2.68. The van der Waals surface area contributed by atoms with Crippen LogP contribution >= 0.6 is 0 Å². The Morgan fingerprint density at radius 1 is 1.57 bits per heavy atom. The molecule has 0 aromatic carbocycles. The predicted molar refractivity (Wildman–Crippen MR) is 52.8 cm³/mol. The van der Waals surface area contributed by atoms with Crippen LogP contribution < -0.4 is 5.32 Å². The van der Waals surface area contributed by atoms with Crippen molar-refractivity contribution in [2.45, 2.75) is 12.5 Å². The summed E-state index contributed by atoms with van der Waals surface area (Å²) in [6.45, 7) is 3.12. The van der Waals surface area contributed by atoms with Gasteiger partial charge in [0.25, 0.3) is 0 Å². The van der Waals surface area contributed by atoms with E-state index in [4.69, 9.17) is 4.74 Å². The number of pyridine rings is 1. The molecular formula is C11H14N2O. The third kappa shape index (κ3) is 1.09. The van der Waals surface area contributed by atoms with E-state index in [-0.39, 0.29) is 6.10 Å². The standard InChI is InChI=1S/C11H14N2O/c1-2-9(6-12-4-1)10-11(8-14-10)3-5-13-7-11/h1-2,4,6,10,13H,3,5,7-8H2. The van der Waals surface area contributed by atoms with Gasteiger partial charge in [-0.15, -0.1) is 0 Å². The van der Waals surface area contributed by atoms with Crippen molar-refractivity contribution in [2.75, 3.05) is 19.7 Å². The molecule has 3 rings (SSSR count). The fourth-order valence-corrected chi connectivity index (χ4v) is 2.49. The summed E-state index contributed by atoms with van der Waals surface area (Å²) in [4.78, 5) is 4.14. The van der Waals surface area contributed by atoms with Crippen LogP contribution in [0.4, 0.5) is 0 Å². The maximum absolute atomic E-state index is 5.67. The van der Waals surface area contributed by atoms with Crippen molar-refractivity contribution in [3.63, 3.8) is 0 Å². The van der Waals surface area contributed by atoms with E-state index in [0.29, 0.717) is 5.41 Å². The van der Waals surface area contributed by atoms with E-state index in [1.807, 2.05) is 18.5 Å². The van der Waals surface area contributed by atoms with Crippen molar-refractivity contribution < 1.29 is 4.74 Å². The van der Waals surface area contributed by atoms with Crippen LogP contribution in [0.2, 0.25) is 0 Å². The summed E-state index contributed by atoms with van der Waals surface area (Å²) in [5, 5.41) is 3.41. The molecule has 0 aliphatic carbocycles. The minimum absolute atomic E-state index is 0.270. The Morgan fingerprint density at radius 2 is 2.57 bits per heavy atom. The molecule has 0 radical (unpaired) electrons. The second kappa shape index (κ2) is 3.04. The summed E-state index contributed by atoms with van der Waals surface area (Å²) in [5.41, 5.74) is 1.59. The largest absolute Gasteiger partial charge is 0.372 e. The van der Waals surface area contributed by atoms with E-state index < -0.39 is 0 Å². The van der Waals surface area contributed by atoms with Gasteiger partial charge in [0.2, 0.25) is 0 Å². The lowest BCUT2D eigenvalue weighted by Gasteiger charge is -2.46. The van der Waals surface area contributed by atoms with Crippen LogP contribution in [0.5, 0.6) is 0 Å². The fraction of sp³-hybridized carbons (Fsp3) is 0.545. The van der Waals surface area contributed by atoms with Crippen LogP contribution in [0.1, 0.15) is 18.1 Å².